The summed E-state index contributed by atoms with van der Waals surface area (Å²) in [5.41, 5.74) is 0. The number of aromatic nitrogens is 2. The van der Waals surface area contributed by atoms with Crippen molar-refractivity contribution >= 4 is 17.4 Å². The van der Waals surface area contributed by atoms with E-state index in [1.807, 2.05) is 6.07 Å². The van der Waals surface area contributed by atoms with Gasteiger partial charge in [0.05, 0.1) is 0 Å². The molecule has 0 spiro atoms. The van der Waals surface area contributed by atoms with Crippen LogP contribution in [-0.2, 0) is 4.74 Å². The van der Waals surface area contributed by atoms with Crippen LogP contribution in [0, 0.1) is 5.92 Å². The number of anilines is 1. The van der Waals surface area contributed by atoms with Gasteiger partial charge in [0.25, 0.3) is 0 Å². The Morgan fingerprint density at radius 1 is 1.44 bits per heavy atom. The van der Waals surface area contributed by atoms with Crippen molar-refractivity contribution in [3.63, 3.8) is 0 Å². The number of piperidine rings is 1. The van der Waals surface area contributed by atoms with Gasteiger partial charge in [0.15, 0.2) is 0 Å². The molecule has 1 aliphatic rings. The third-order valence-electron chi connectivity index (χ3n) is 2.96. The largest absolute Gasteiger partial charge is 0.384 e. The standard InChI is InChI=1S/C11H16ClN3O/c1-16-7-9-2-4-15(5-3-9)11-6-10(12)13-8-14-11/h6,8-9H,2-5,7H2,1H3. The minimum absolute atomic E-state index is 0.504. The van der Waals surface area contributed by atoms with E-state index in [0.29, 0.717) is 11.1 Å². The number of ether oxygens (including phenoxy) is 1. The van der Waals surface area contributed by atoms with Crippen molar-refractivity contribution in [2.75, 3.05) is 31.7 Å². The van der Waals surface area contributed by atoms with Crippen molar-refractivity contribution in [3.05, 3.63) is 17.5 Å². The van der Waals surface area contributed by atoms with Crippen LogP contribution in [0.4, 0.5) is 5.82 Å². The zero-order valence-corrected chi connectivity index (χ0v) is 10.2. The quantitative estimate of drug-likeness (QED) is 0.759. The minimum atomic E-state index is 0.504. The van der Waals surface area contributed by atoms with Gasteiger partial charge in [-0.3, -0.25) is 0 Å². The Bertz CT molecular complexity index is 340. The van der Waals surface area contributed by atoms with Crippen molar-refractivity contribution in [2.24, 2.45) is 5.92 Å². The molecule has 1 aliphatic heterocycles. The average Bonchev–Trinajstić information content (AvgIpc) is 2.30. The Labute approximate surface area is 101 Å². The number of rotatable bonds is 3. The summed E-state index contributed by atoms with van der Waals surface area (Å²) < 4.78 is 5.18. The fourth-order valence-corrected chi connectivity index (χ4v) is 2.20. The molecule has 0 radical (unpaired) electrons. The van der Waals surface area contributed by atoms with Gasteiger partial charge in [0.1, 0.15) is 17.3 Å². The maximum absolute atomic E-state index is 5.84. The second-order valence-corrected chi connectivity index (χ2v) is 4.47. The van der Waals surface area contributed by atoms with Gasteiger partial charge in [-0.1, -0.05) is 11.6 Å². The summed E-state index contributed by atoms with van der Waals surface area (Å²) in [6.45, 7) is 2.89. The summed E-state index contributed by atoms with van der Waals surface area (Å²) in [6, 6.07) is 1.82. The molecule has 0 unspecified atom stereocenters. The number of hydrogen-bond acceptors (Lipinski definition) is 4. The van der Waals surface area contributed by atoms with Crippen molar-refractivity contribution in [1.82, 2.24) is 9.97 Å². The van der Waals surface area contributed by atoms with Gasteiger partial charge in [-0.2, -0.15) is 0 Å². The van der Waals surface area contributed by atoms with Crippen LogP contribution in [0.5, 0.6) is 0 Å². The van der Waals surface area contributed by atoms with Crippen molar-refractivity contribution in [1.29, 1.82) is 0 Å². The first-order chi connectivity index (χ1) is 7.79. The summed E-state index contributed by atoms with van der Waals surface area (Å²) in [7, 11) is 1.76. The molecule has 1 aromatic heterocycles. The predicted octanol–water partition coefficient (Wildman–Crippen LogP) is 1.99. The molecule has 0 bridgehead atoms. The first kappa shape index (κ1) is 11.6. The molecular weight excluding hydrogens is 226 g/mol. The third kappa shape index (κ3) is 2.83. The van der Waals surface area contributed by atoms with E-state index in [0.717, 1.165) is 38.4 Å². The van der Waals surface area contributed by atoms with Gasteiger partial charge < -0.3 is 9.64 Å². The lowest BCUT2D eigenvalue weighted by Gasteiger charge is -2.32. The molecule has 1 saturated heterocycles. The fraction of sp³-hybridized carbons (Fsp3) is 0.636. The molecule has 0 saturated carbocycles. The van der Waals surface area contributed by atoms with E-state index in [4.69, 9.17) is 16.3 Å². The van der Waals surface area contributed by atoms with Crippen molar-refractivity contribution < 1.29 is 4.74 Å². The molecule has 0 N–H and O–H groups in total. The molecule has 0 aliphatic carbocycles. The van der Waals surface area contributed by atoms with Gasteiger partial charge in [-0.25, -0.2) is 9.97 Å². The maximum Gasteiger partial charge on any atom is 0.134 e. The highest BCUT2D eigenvalue weighted by molar-refractivity contribution is 6.29. The van der Waals surface area contributed by atoms with Crippen LogP contribution in [0.1, 0.15) is 12.8 Å². The summed E-state index contributed by atoms with van der Waals surface area (Å²) in [6.07, 6.45) is 3.81. The number of methoxy groups -OCH3 is 1. The molecule has 0 amide bonds. The average molecular weight is 242 g/mol. The number of halogens is 1. The van der Waals surface area contributed by atoms with E-state index >= 15 is 0 Å². The van der Waals surface area contributed by atoms with Gasteiger partial charge >= 0.3 is 0 Å². The van der Waals surface area contributed by atoms with Crippen LogP contribution in [0.3, 0.4) is 0 Å². The van der Waals surface area contributed by atoms with Crippen LogP contribution in [0.25, 0.3) is 0 Å². The molecule has 2 heterocycles. The zero-order valence-electron chi connectivity index (χ0n) is 9.40. The molecule has 4 nitrogen and oxygen atoms in total. The first-order valence-corrected chi connectivity index (χ1v) is 5.89. The molecular formula is C11H16ClN3O. The Morgan fingerprint density at radius 2 is 2.19 bits per heavy atom. The van der Waals surface area contributed by atoms with Crippen LogP contribution >= 0.6 is 11.6 Å². The van der Waals surface area contributed by atoms with E-state index in [9.17, 15) is 0 Å². The summed E-state index contributed by atoms with van der Waals surface area (Å²) in [5, 5.41) is 0.504. The lowest BCUT2D eigenvalue weighted by atomic mass is 9.98. The zero-order chi connectivity index (χ0) is 11.4. The monoisotopic (exact) mass is 241 g/mol. The van der Waals surface area contributed by atoms with Crippen LogP contribution in [0.2, 0.25) is 5.15 Å². The Hall–Kier alpha value is -0.870. The Balaban J connectivity index is 1.94. The van der Waals surface area contributed by atoms with Crippen LogP contribution in [0.15, 0.2) is 12.4 Å². The molecule has 0 atom stereocenters. The van der Waals surface area contributed by atoms with Crippen LogP contribution in [-0.4, -0.2) is 36.8 Å². The Kier molecular flexibility index (Phi) is 3.96. The van der Waals surface area contributed by atoms with E-state index in [1.54, 1.807) is 7.11 Å². The van der Waals surface area contributed by atoms with Gasteiger partial charge in [-0.15, -0.1) is 0 Å². The lowest BCUT2D eigenvalue weighted by molar-refractivity contribution is 0.139. The molecule has 1 fully saturated rings. The van der Waals surface area contributed by atoms with Gasteiger partial charge in [0.2, 0.25) is 0 Å². The molecule has 88 valence electrons. The molecule has 5 heteroatoms. The summed E-state index contributed by atoms with van der Waals surface area (Å²) >= 11 is 5.84. The SMILES string of the molecule is COCC1CCN(c2cc(Cl)ncn2)CC1. The number of hydrogen-bond donors (Lipinski definition) is 0. The minimum Gasteiger partial charge on any atom is -0.384 e. The van der Waals surface area contributed by atoms with E-state index < -0.39 is 0 Å². The summed E-state index contributed by atoms with van der Waals surface area (Å²) in [4.78, 5) is 10.4. The molecule has 0 aromatic carbocycles. The van der Waals surface area contributed by atoms with Crippen LogP contribution < -0.4 is 4.90 Å². The molecule has 1 aromatic rings. The first-order valence-electron chi connectivity index (χ1n) is 5.51. The van der Waals surface area contributed by atoms with E-state index in [2.05, 4.69) is 14.9 Å². The molecule has 16 heavy (non-hydrogen) atoms. The van der Waals surface area contributed by atoms with E-state index in [1.165, 1.54) is 6.33 Å². The lowest BCUT2D eigenvalue weighted by Crippen LogP contribution is -2.35. The second-order valence-electron chi connectivity index (χ2n) is 4.08. The van der Waals surface area contributed by atoms with Gasteiger partial charge in [-0.05, 0) is 18.8 Å². The van der Waals surface area contributed by atoms with Gasteiger partial charge in [0, 0.05) is 32.9 Å². The maximum atomic E-state index is 5.84. The molecule has 2 rings (SSSR count). The fourth-order valence-electron chi connectivity index (χ4n) is 2.06. The predicted molar refractivity (Wildman–Crippen MR) is 63.9 cm³/mol. The highest BCUT2D eigenvalue weighted by Gasteiger charge is 2.20. The highest BCUT2D eigenvalue weighted by Crippen LogP contribution is 2.22. The Morgan fingerprint density at radius 3 is 2.81 bits per heavy atom. The highest BCUT2D eigenvalue weighted by atomic mass is 35.5. The van der Waals surface area contributed by atoms with Crippen molar-refractivity contribution in [2.45, 2.75) is 12.8 Å². The third-order valence-corrected chi connectivity index (χ3v) is 3.17. The topological polar surface area (TPSA) is 38.2 Å². The van der Waals surface area contributed by atoms with Crippen molar-refractivity contribution in [3.8, 4) is 0 Å². The van der Waals surface area contributed by atoms with E-state index in [-0.39, 0.29) is 0 Å². The number of nitrogens with zero attached hydrogens (tertiary/aromatic N) is 3. The summed E-state index contributed by atoms with van der Waals surface area (Å²) in [5.74, 6) is 1.61. The smallest absolute Gasteiger partial charge is 0.134 e. The second kappa shape index (κ2) is 5.46. The normalized spacial score (nSPS) is 17.8.